The molecule has 2 fully saturated rings. The maximum Gasteiger partial charge on any atom is 0.166 e. The summed E-state index contributed by atoms with van der Waals surface area (Å²) in [5.41, 5.74) is 7.48. The van der Waals surface area contributed by atoms with Crippen LogP contribution in [0.5, 0.6) is 0 Å². The fraction of sp³-hybridized carbons (Fsp3) is 0.704. The van der Waals surface area contributed by atoms with Gasteiger partial charge in [0, 0.05) is 22.8 Å². The van der Waals surface area contributed by atoms with Gasteiger partial charge in [0.1, 0.15) is 0 Å². The van der Waals surface area contributed by atoms with E-state index in [1.54, 1.807) is 19.9 Å². The summed E-state index contributed by atoms with van der Waals surface area (Å²) >= 11 is 0. The van der Waals surface area contributed by atoms with Crippen LogP contribution in [0.1, 0.15) is 73.6 Å². The second-order valence-electron chi connectivity index (χ2n) is 11.2. The third kappa shape index (κ3) is 3.23. The predicted octanol–water partition coefficient (Wildman–Crippen LogP) is 4.29. The second kappa shape index (κ2) is 8.03. The van der Waals surface area contributed by atoms with Gasteiger partial charge < -0.3 is 15.6 Å². The van der Waals surface area contributed by atoms with Crippen molar-refractivity contribution >= 4 is 11.6 Å². The highest BCUT2D eigenvalue weighted by molar-refractivity contribution is 5.93. The molecule has 0 aromatic carbocycles. The minimum absolute atomic E-state index is 0.0538. The predicted molar refractivity (Wildman–Crippen MR) is 127 cm³/mol. The van der Waals surface area contributed by atoms with Gasteiger partial charge in [-0.2, -0.15) is 0 Å². The number of aliphatic hydroxyl groups is 1. The van der Waals surface area contributed by atoms with Crippen molar-refractivity contribution in [1.82, 2.24) is 0 Å². The fourth-order valence-electron chi connectivity index (χ4n) is 7.46. The number of aliphatic hydroxyl groups excluding tert-OH is 1. The molecule has 32 heavy (non-hydrogen) atoms. The number of carbonyl (C=O) groups is 2. The fourth-order valence-corrected chi connectivity index (χ4v) is 7.46. The van der Waals surface area contributed by atoms with Gasteiger partial charge in [0.05, 0.1) is 12.7 Å². The molecule has 3 N–H and O–H groups in total. The van der Waals surface area contributed by atoms with Gasteiger partial charge in [-0.15, -0.1) is 0 Å². The molecular formula is C27H41NO4. The van der Waals surface area contributed by atoms with E-state index in [1.165, 1.54) is 0 Å². The standard InChI is InChI=1S/C27H41NO4/c1-16(2)22-14-21(31)9-10-24(22,7)26(28)12-11-25(8)23(19(26)5)13-17(3)27(25,20(6)30)32-15-18(4)29/h14,18-19,23,29H,1,3,9-13,15,28H2,2,4-8H3/t18?,19-,23-,24-,25-,26+,27-/m0/s1. The molecule has 0 heterocycles. The zero-order chi connectivity index (χ0) is 24.3. The molecule has 5 heteroatoms. The molecule has 2 saturated carbocycles. The summed E-state index contributed by atoms with van der Waals surface area (Å²) < 4.78 is 6.25. The third-order valence-corrected chi connectivity index (χ3v) is 9.36. The minimum atomic E-state index is -1.11. The number of Topliss-reactive ketones (excluding diaryl/α,β-unsaturated/α-hetero) is 1. The van der Waals surface area contributed by atoms with E-state index in [0.717, 1.165) is 16.7 Å². The van der Waals surface area contributed by atoms with Crippen molar-refractivity contribution in [2.45, 2.75) is 90.9 Å². The van der Waals surface area contributed by atoms with Crippen molar-refractivity contribution < 1.29 is 19.4 Å². The van der Waals surface area contributed by atoms with E-state index < -0.39 is 22.7 Å². The maximum atomic E-state index is 13.1. The normalized spacial score (nSPS) is 42.9. The van der Waals surface area contributed by atoms with E-state index in [4.69, 9.17) is 10.5 Å². The Balaban J connectivity index is 2.07. The highest BCUT2D eigenvalue weighted by atomic mass is 16.5. The Bertz CT molecular complexity index is 888. The van der Waals surface area contributed by atoms with Gasteiger partial charge in [-0.1, -0.05) is 39.5 Å². The molecule has 1 unspecified atom stereocenters. The van der Waals surface area contributed by atoms with Crippen LogP contribution in [0.25, 0.3) is 0 Å². The van der Waals surface area contributed by atoms with E-state index in [-0.39, 0.29) is 35.4 Å². The number of ketones is 2. The summed E-state index contributed by atoms with van der Waals surface area (Å²) in [5.74, 6) is 0.249. The number of rotatable bonds is 6. The van der Waals surface area contributed by atoms with Crippen LogP contribution in [-0.4, -0.2) is 40.5 Å². The summed E-state index contributed by atoms with van der Waals surface area (Å²) in [6, 6.07) is 0. The zero-order valence-corrected chi connectivity index (χ0v) is 20.7. The molecule has 3 aliphatic rings. The number of allylic oxidation sites excluding steroid dienone is 2. The van der Waals surface area contributed by atoms with Crippen molar-refractivity contribution in [3.8, 4) is 0 Å². The van der Waals surface area contributed by atoms with Crippen molar-refractivity contribution in [1.29, 1.82) is 0 Å². The first kappa shape index (κ1) is 25.1. The molecule has 178 valence electrons. The SMILES string of the molecule is C=C(C)C1=CC(=O)CC[C@]1(C)[C@@]1(N)CC[C@@]2(C)[C@@H](CC(=C)[C@]2(OCC(C)O)C(C)=O)[C@@H]1C. The summed E-state index contributed by atoms with van der Waals surface area (Å²) in [6.07, 6.45) is 4.35. The topological polar surface area (TPSA) is 89.6 Å². The average Bonchev–Trinajstić information content (AvgIpc) is 2.93. The van der Waals surface area contributed by atoms with Crippen LogP contribution in [-0.2, 0) is 14.3 Å². The second-order valence-corrected chi connectivity index (χ2v) is 11.2. The largest absolute Gasteiger partial charge is 0.391 e. The Morgan fingerprint density at radius 1 is 1.31 bits per heavy atom. The van der Waals surface area contributed by atoms with Gasteiger partial charge in [-0.3, -0.25) is 9.59 Å². The molecule has 0 spiro atoms. The lowest BCUT2D eigenvalue weighted by Gasteiger charge is -2.61. The summed E-state index contributed by atoms with van der Waals surface area (Å²) in [6.45, 7) is 20.3. The Morgan fingerprint density at radius 3 is 2.47 bits per heavy atom. The minimum Gasteiger partial charge on any atom is -0.391 e. The lowest BCUT2D eigenvalue weighted by molar-refractivity contribution is -0.172. The first-order valence-electron chi connectivity index (χ1n) is 11.9. The molecule has 7 atom stereocenters. The molecule has 0 aliphatic heterocycles. The summed E-state index contributed by atoms with van der Waals surface area (Å²) in [5, 5.41) is 9.89. The molecular weight excluding hydrogens is 402 g/mol. The van der Waals surface area contributed by atoms with Crippen molar-refractivity contribution in [3.05, 3.63) is 36.0 Å². The number of hydrogen-bond donors (Lipinski definition) is 2. The van der Waals surface area contributed by atoms with E-state index in [0.29, 0.717) is 32.1 Å². The number of ether oxygens (including phenoxy) is 1. The van der Waals surface area contributed by atoms with Gasteiger partial charge in [0.25, 0.3) is 0 Å². The highest BCUT2D eigenvalue weighted by Gasteiger charge is 2.69. The van der Waals surface area contributed by atoms with E-state index in [2.05, 4.69) is 33.9 Å². The number of nitrogens with two attached hydrogens (primary N) is 1. The Morgan fingerprint density at radius 2 is 1.94 bits per heavy atom. The zero-order valence-electron chi connectivity index (χ0n) is 20.7. The first-order valence-corrected chi connectivity index (χ1v) is 11.9. The summed E-state index contributed by atoms with van der Waals surface area (Å²) in [4.78, 5) is 25.4. The lowest BCUT2D eigenvalue weighted by Crippen LogP contribution is -2.67. The van der Waals surface area contributed by atoms with Gasteiger partial charge in [-0.05, 0) is 75.5 Å². The van der Waals surface area contributed by atoms with Gasteiger partial charge >= 0.3 is 0 Å². The Hall–Kier alpha value is -1.56. The van der Waals surface area contributed by atoms with Crippen molar-refractivity contribution in [3.63, 3.8) is 0 Å². The molecule has 0 saturated heterocycles. The van der Waals surface area contributed by atoms with Crippen LogP contribution in [0.4, 0.5) is 0 Å². The number of carbonyl (C=O) groups excluding carboxylic acids is 2. The average molecular weight is 444 g/mol. The van der Waals surface area contributed by atoms with E-state index in [9.17, 15) is 14.7 Å². The molecule has 5 nitrogen and oxygen atoms in total. The first-order chi connectivity index (χ1) is 14.7. The highest BCUT2D eigenvalue weighted by Crippen LogP contribution is 2.67. The quantitative estimate of drug-likeness (QED) is 0.598. The van der Waals surface area contributed by atoms with E-state index >= 15 is 0 Å². The lowest BCUT2D eigenvalue weighted by atomic mass is 9.46. The molecule has 0 aromatic heterocycles. The van der Waals surface area contributed by atoms with Crippen LogP contribution in [0.2, 0.25) is 0 Å². The number of hydrogen-bond acceptors (Lipinski definition) is 5. The monoisotopic (exact) mass is 443 g/mol. The molecule has 0 amide bonds. The van der Waals surface area contributed by atoms with Crippen LogP contribution in [0.15, 0.2) is 36.0 Å². The van der Waals surface area contributed by atoms with Crippen molar-refractivity contribution in [2.75, 3.05) is 6.61 Å². The maximum absolute atomic E-state index is 13.1. The van der Waals surface area contributed by atoms with E-state index in [1.807, 2.05) is 6.92 Å². The smallest absolute Gasteiger partial charge is 0.166 e. The number of fused-ring (bicyclic) bond motifs is 1. The van der Waals surface area contributed by atoms with Crippen molar-refractivity contribution in [2.24, 2.45) is 28.4 Å². The molecule has 0 aromatic rings. The van der Waals surface area contributed by atoms with Gasteiger partial charge in [0.15, 0.2) is 17.2 Å². The molecule has 0 bridgehead atoms. The van der Waals surface area contributed by atoms with Crippen LogP contribution >= 0.6 is 0 Å². The molecule has 0 radical (unpaired) electrons. The van der Waals surface area contributed by atoms with Gasteiger partial charge in [-0.25, -0.2) is 0 Å². The van der Waals surface area contributed by atoms with Gasteiger partial charge in [0.2, 0.25) is 0 Å². The molecule has 3 rings (SSSR count). The van der Waals surface area contributed by atoms with Crippen LogP contribution in [0.3, 0.4) is 0 Å². The van der Waals surface area contributed by atoms with Crippen LogP contribution in [0, 0.1) is 22.7 Å². The Labute approximate surface area is 193 Å². The third-order valence-electron chi connectivity index (χ3n) is 9.36. The van der Waals surface area contributed by atoms with Crippen LogP contribution < -0.4 is 5.73 Å². The summed E-state index contributed by atoms with van der Waals surface area (Å²) in [7, 11) is 0. The molecule has 3 aliphatic carbocycles. The Kier molecular flexibility index (Phi) is 6.29.